The van der Waals surface area contributed by atoms with Gasteiger partial charge in [0.05, 0.1) is 16.5 Å². The summed E-state index contributed by atoms with van der Waals surface area (Å²) in [5.74, 6) is -1.21. The zero-order valence-corrected chi connectivity index (χ0v) is 19.3. The number of aliphatic hydroxyl groups is 3. The molecule has 0 aliphatic carbocycles. The molecule has 11 heteroatoms. The lowest BCUT2D eigenvalue weighted by atomic mass is 9.89. The van der Waals surface area contributed by atoms with Gasteiger partial charge in [-0.15, -0.1) is 0 Å². The van der Waals surface area contributed by atoms with E-state index >= 15 is 0 Å². The number of hydrogen-bond donors (Lipinski definition) is 4. The predicted octanol–water partition coefficient (Wildman–Crippen LogP) is 1.18. The lowest BCUT2D eigenvalue weighted by Gasteiger charge is -2.40. The van der Waals surface area contributed by atoms with E-state index in [0.29, 0.717) is 11.3 Å². The van der Waals surface area contributed by atoms with Crippen LogP contribution >= 0.6 is 0 Å². The van der Waals surface area contributed by atoms with Gasteiger partial charge >= 0.3 is 11.9 Å². The van der Waals surface area contributed by atoms with Crippen LogP contribution in [0.2, 0.25) is 0 Å². The van der Waals surface area contributed by atoms with E-state index in [1.165, 1.54) is 37.5 Å². The van der Waals surface area contributed by atoms with E-state index in [2.05, 4.69) is 0 Å². The molecule has 0 bridgehead atoms. The van der Waals surface area contributed by atoms with Gasteiger partial charge in [-0.1, -0.05) is 12.1 Å². The van der Waals surface area contributed by atoms with Gasteiger partial charge in [-0.3, -0.25) is 14.4 Å². The van der Waals surface area contributed by atoms with E-state index in [9.17, 15) is 34.8 Å². The van der Waals surface area contributed by atoms with Gasteiger partial charge in [-0.05, 0) is 29.8 Å². The maximum atomic E-state index is 13.3. The number of ether oxygens (including phenoxy) is 3. The number of aromatic hydroxyl groups is 1. The standard InChI is InChI=1S/C25H24O11/c1-11(26)33-10-18-21(30)22(31)23(32)25(36-18)19-17(28)8-7-15-20(29)16(9-34-24(15)19)13-3-5-14(6-4-13)35-12(2)27/h3-9,18,21-23,25,28,30-32H,10H2,1-2H3/t18-,21+,22-,23+,25-/m0/s1. The first-order chi connectivity index (χ1) is 17.1. The Balaban J connectivity index is 1.75. The van der Waals surface area contributed by atoms with Gasteiger partial charge in [0.1, 0.15) is 60.5 Å². The van der Waals surface area contributed by atoms with E-state index in [1.54, 1.807) is 12.1 Å². The van der Waals surface area contributed by atoms with Crippen LogP contribution in [0.4, 0.5) is 0 Å². The summed E-state index contributed by atoms with van der Waals surface area (Å²) in [6.45, 7) is 2.01. The third kappa shape index (κ3) is 4.82. The van der Waals surface area contributed by atoms with Gasteiger partial charge in [-0.25, -0.2) is 0 Å². The highest BCUT2D eigenvalue weighted by atomic mass is 16.6. The minimum Gasteiger partial charge on any atom is -0.507 e. The fourth-order valence-corrected chi connectivity index (χ4v) is 4.08. The molecule has 1 saturated heterocycles. The number of phenolic OH excluding ortho intramolecular Hbond substituents is 1. The fraction of sp³-hybridized carbons (Fsp3) is 0.320. The Labute approximate surface area is 204 Å². The number of fused-ring (bicyclic) bond motifs is 1. The van der Waals surface area contributed by atoms with Crippen LogP contribution < -0.4 is 10.2 Å². The Bertz CT molecular complexity index is 1340. The molecule has 11 nitrogen and oxygen atoms in total. The largest absolute Gasteiger partial charge is 0.507 e. The second kappa shape index (κ2) is 10.1. The number of carbonyl (C=O) groups excluding carboxylic acids is 2. The smallest absolute Gasteiger partial charge is 0.308 e. The van der Waals surface area contributed by atoms with Gasteiger partial charge in [0.2, 0.25) is 5.43 Å². The second-order valence-electron chi connectivity index (χ2n) is 8.34. The highest BCUT2D eigenvalue weighted by Gasteiger charge is 2.46. The minimum atomic E-state index is -1.71. The average molecular weight is 500 g/mol. The molecule has 1 aromatic heterocycles. The lowest BCUT2D eigenvalue weighted by Crippen LogP contribution is -2.55. The molecule has 4 rings (SSSR count). The molecule has 1 aliphatic heterocycles. The predicted molar refractivity (Wildman–Crippen MR) is 123 cm³/mol. The van der Waals surface area contributed by atoms with E-state index in [1.807, 2.05) is 0 Å². The molecule has 0 amide bonds. The van der Waals surface area contributed by atoms with Gasteiger partial charge in [0, 0.05) is 13.8 Å². The third-order valence-electron chi connectivity index (χ3n) is 5.83. The fourth-order valence-electron chi connectivity index (χ4n) is 4.08. The van der Waals surface area contributed by atoms with Crippen LogP contribution in [0.1, 0.15) is 25.5 Å². The van der Waals surface area contributed by atoms with Crippen LogP contribution in [-0.4, -0.2) is 63.4 Å². The first kappa shape index (κ1) is 25.3. The first-order valence-electron chi connectivity index (χ1n) is 11.0. The molecule has 5 atom stereocenters. The van der Waals surface area contributed by atoms with Crippen molar-refractivity contribution in [2.45, 2.75) is 44.4 Å². The molecule has 0 spiro atoms. The number of esters is 2. The number of benzene rings is 2. The quantitative estimate of drug-likeness (QED) is 0.293. The Morgan fingerprint density at radius 2 is 1.64 bits per heavy atom. The molecule has 2 aromatic carbocycles. The van der Waals surface area contributed by atoms with Crippen molar-refractivity contribution in [3.8, 4) is 22.6 Å². The first-order valence-corrected chi connectivity index (χ1v) is 11.0. The van der Waals surface area contributed by atoms with E-state index in [0.717, 1.165) is 6.92 Å². The zero-order chi connectivity index (χ0) is 26.1. The van der Waals surface area contributed by atoms with Crippen molar-refractivity contribution in [2.75, 3.05) is 6.61 Å². The van der Waals surface area contributed by atoms with Crippen molar-refractivity contribution < 1.29 is 48.6 Å². The maximum absolute atomic E-state index is 13.3. The number of carbonyl (C=O) groups is 2. The third-order valence-corrected chi connectivity index (χ3v) is 5.83. The monoisotopic (exact) mass is 500 g/mol. The van der Waals surface area contributed by atoms with Crippen molar-refractivity contribution >= 4 is 22.9 Å². The maximum Gasteiger partial charge on any atom is 0.308 e. The molecular weight excluding hydrogens is 476 g/mol. The summed E-state index contributed by atoms with van der Waals surface area (Å²) in [7, 11) is 0. The summed E-state index contributed by atoms with van der Waals surface area (Å²) >= 11 is 0. The normalized spacial score (nSPS) is 23.9. The molecule has 0 radical (unpaired) electrons. The molecule has 36 heavy (non-hydrogen) atoms. The summed E-state index contributed by atoms with van der Waals surface area (Å²) in [5, 5.41) is 41.9. The Morgan fingerprint density at radius 3 is 2.28 bits per heavy atom. The minimum absolute atomic E-state index is 0.0531. The molecule has 1 fully saturated rings. The van der Waals surface area contributed by atoms with Crippen molar-refractivity contribution in [2.24, 2.45) is 0 Å². The van der Waals surface area contributed by atoms with Gasteiger partial charge < -0.3 is 39.1 Å². The highest BCUT2D eigenvalue weighted by Crippen LogP contribution is 2.40. The molecular formula is C25H24O11. The summed E-state index contributed by atoms with van der Waals surface area (Å²) in [6, 6.07) is 8.74. The Morgan fingerprint density at radius 1 is 0.944 bits per heavy atom. The van der Waals surface area contributed by atoms with Crippen LogP contribution in [0.25, 0.3) is 22.1 Å². The van der Waals surface area contributed by atoms with Gasteiger partial charge in [0.25, 0.3) is 0 Å². The average Bonchev–Trinajstić information content (AvgIpc) is 2.83. The lowest BCUT2D eigenvalue weighted by molar-refractivity contribution is -0.234. The van der Waals surface area contributed by atoms with E-state index in [-0.39, 0.29) is 27.8 Å². The van der Waals surface area contributed by atoms with Gasteiger partial charge in [0.15, 0.2) is 0 Å². The van der Waals surface area contributed by atoms with Crippen molar-refractivity contribution in [1.82, 2.24) is 0 Å². The Kier molecular flexibility index (Phi) is 7.09. The summed E-state index contributed by atoms with van der Waals surface area (Å²) < 4.78 is 21.3. The van der Waals surface area contributed by atoms with E-state index in [4.69, 9.17) is 18.6 Å². The topological polar surface area (TPSA) is 173 Å². The van der Waals surface area contributed by atoms with Crippen molar-refractivity contribution in [3.63, 3.8) is 0 Å². The van der Waals surface area contributed by atoms with Crippen molar-refractivity contribution in [3.05, 3.63) is 58.4 Å². The molecule has 190 valence electrons. The summed E-state index contributed by atoms with van der Waals surface area (Å²) in [4.78, 5) is 35.6. The second-order valence-corrected chi connectivity index (χ2v) is 8.34. The molecule has 3 aromatic rings. The van der Waals surface area contributed by atoms with Crippen LogP contribution in [0.15, 0.2) is 51.9 Å². The van der Waals surface area contributed by atoms with Crippen LogP contribution in [0.3, 0.4) is 0 Å². The molecule has 0 saturated carbocycles. The van der Waals surface area contributed by atoms with Crippen molar-refractivity contribution in [1.29, 1.82) is 0 Å². The zero-order valence-electron chi connectivity index (χ0n) is 19.3. The molecule has 2 heterocycles. The van der Waals surface area contributed by atoms with Crippen LogP contribution in [0.5, 0.6) is 11.5 Å². The number of rotatable bonds is 5. The SMILES string of the molecule is CC(=O)OC[C@@H]1O[C@@H](c2c(O)ccc3c(=O)c(-c4ccc(OC(C)=O)cc4)coc23)[C@H](O)[C@@H](O)[C@@H]1O. The summed E-state index contributed by atoms with van der Waals surface area (Å²) in [6.07, 6.45) is -6.48. The number of hydrogen-bond acceptors (Lipinski definition) is 11. The van der Waals surface area contributed by atoms with Crippen LogP contribution in [0, 0.1) is 0 Å². The molecule has 4 N–H and O–H groups in total. The number of aliphatic hydroxyl groups excluding tert-OH is 3. The van der Waals surface area contributed by atoms with Gasteiger partial charge in [-0.2, -0.15) is 0 Å². The number of phenols is 1. The van der Waals surface area contributed by atoms with E-state index < -0.39 is 54.5 Å². The molecule has 1 aliphatic rings. The Hall–Kier alpha value is -3.77. The summed E-state index contributed by atoms with van der Waals surface area (Å²) in [5.41, 5.74) is -0.0150. The molecule has 0 unspecified atom stereocenters. The van der Waals surface area contributed by atoms with Crippen LogP contribution in [-0.2, 0) is 19.1 Å². The highest BCUT2D eigenvalue weighted by molar-refractivity contribution is 5.86.